The van der Waals surface area contributed by atoms with Gasteiger partial charge in [-0.3, -0.25) is 0 Å². The average molecular weight is 603 g/mol. The van der Waals surface area contributed by atoms with Crippen molar-refractivity contribution >= 4 is 55.4 Å². The first-order chi connectivity index (χ1) is 22.8. The summed E-state index contributed by atoms with van der Waals surface area (Å²) in [7, 11) is 0. The Morgan fingerprint density at radius 2 is 0.872 bits per heavy atom. The van der Waals surface area contributed by atoms with Crippen molar-refractivity contribution in [2.45, 2.75) is 41.5 Å². The van der Waals surface area contributed by atoms with Crippen LogP contribution in [0.5, 0.6) is 0 Å². The summed E-state index contributed by atoms with van der Waals surface area (Å²) in [6.45, 7) is 13.7. The smallest absolute Gasteiger partial charge is 0.0657 e. The van der Waals surface area contributed by atoms with Crippen molar-refractivity contribution in [3.05, 3.63) is 161 Å². The van der Waals surface area contributed by atoms with Crippen LogP contribution in [0, 0.1) is 41.5 Å². The minimum atomic E-state index is 0.128. The monoisotopic (exact) mass is 602 g/mol. The molecule has 0 spiro atoms. The highest BCUT2D eigenvalue weighted by atomic mass is 14.2. The minimum Gasteiger partial charge on any atom is -0.0657 e. The standard InChI is InChI=1S/C46H39B/c1-28-23-30(3)45(31(4)24-28)47(46-32(5)25-29(2)26-33(46)6)42-22-18-36-16-20-40-39(19-15-35-17-21-41(42)44(36)43(35)40)38-14-10-13-37(27-38)34-11-8-7-9-12-34/h7-27H,1-6H3. The third-order valence-electron chi connectivity index (χ3n) is 10.3. The van der Waals surface area contributed by atoms with Crippen molar-refractivity contribution in [2.75, 3.05) is 0 Å². The number of aryl methyl sites for hydroxylation is 6. The second-order valence-electron chi connectivity index (χ2n) is 13.7. The summed E-state index contributed by atoms with van der Waals surface area (Å²) in [6, 6.07) is 47.9. The van der Waals surface area contributed by atoms with E-state index >= 15 is 0 Å². The quantitative estimate of drug-likeness (QED) is 0.136. The average Bonchev–Trinajstić information content (AvgIpc) is 3.06. The lowest BCUT2D eigenvalue weighted by Crippen LogP contribution is -2.56. The van der Waals surface area contributed by atoms with Gasteiger partial charge in [0.1, 0.15) is 0 Å². The van der Waals surface area contributed by atoms with Crippen molar-refractivity contribution < 1.29 is 0 Å². The molecule has 1 heteroatoms. The summed E-state index contributed by atoms with van der Waals surface area (Å²) < 4.78 is 0. The van der Waals surface area contributed by atoms with E-state index in [1.807, 2.05) is 0 Å². The molecule has 8 rings (SSSR count). The summed E-state index contributed by atoms with van der Waals surface area (Å²) in [4.78, 5) is 0. The third kappa shape index (κ3) is 4.85. The first-order valence-corrected chi connectivity index (χ1v) is 16.8. The van der Waals surface area contributed by atoms with Gasteiger partial charge in [-0.15, -0.1) is 0 Å². The molecule has 0 fully saturated rings. The summed E-state index contributed by atoms with van der Waals surface area (Å²) in [5.74, 6) is 0. The first-order valence-electron chi connectivity index (χ1n) is 16.8. The Morgan fingerprint density at radius 1 is 0.383 bits per heavy atom. The van der Waals surface area contributed by atoms with Gasteiger partial charge < -0.3 is 0 Å². The molecule has 0 radical (unpaired) electrons. The van der Waals surface area contributed by atoms with E-state index in [1.54, 1.807) is 0 Å². The maximum absolute atomic E-state index is 2.41. The number of hydrogen-bond acceptors (Lipinski definition) is 0. The lowest BCUT2D eigenvalue weighted by Gasteiger charge is -2.26. The molecule has 0 N–H and O–H groups in total. The molecule has 8 aromatic carbocycles. The van der Waals surface area contributed by atoms with E-state index in [0.717, 1.165) is 0 Å². The van der Waals surface area contributed by atoms with E-state index in [1.165, 1.54) is 104 Å². The molecule has 47 heavy (non-hydrogen) atoms. The molecule has 0 aliphatic rings. The maximum atomic E-state index is 2.41. The molecule has 8 aromatic rings. The zero-order chi connectivity index (χ0) is 32.4. The highest BCUT2D eigenvalue weighted by Crippen LogP contribution is 2.40. The lowest BCUT2D eigenvalue weighted by molar-refractivity contribution is 1.34. The molecule has 0 nitrogen and oxygen atoms in total. The molecule has 0 unspecified atom stereocenters. The van der Waals surface area contributed by atoms with Crippen LogP contribution in [0.4, 0.5) is 0 Å². The van der Waals surface area contributed by atoms with Crippen LogP contribution in [-0.4, -0.2) is 6.71 Å². The Hall–Kier alpha value is -5.14. The van der Waals surface area contributed by atoms with E-state index in [2.05, 4.69) is 169 Å². The zero-order valence-electron chi connectivity index (χ0n) is 28.2. The second kappa shape index (κ2) is 11.3. The molecular weight excluding hydrogens is 563 g/mol. The van der Waals surface area contributed by atoms with Gasteiger partial charge in [-0.05, 0) is 102 Å². The predicted molar refractivity (Wildman–Crippen MR) is 207 cm³/mol. The Balaban J connectivity index is 1.42. The summed E-state index contributed by atoms with van der Waals surface area (Å²) >= 11 is 0. The van der Waals surface area contributed by atoms with Crippen LogP contribution in [0.3, 0.4) is 0 Å². The van der Waals surface area contributed by atoms with E-state index in [0.29, 0.717) is 0 Å². The van der Waals surface area contributed by atoms with Gasteiger partial charge in [-0.2, -0.15) is 0 Å². The van der Waals surface area contributed by atoms with Gasteiger partial charge in [0.05, 0.1) is 0 Å². The van der Waals surface area contributed by atoms with Crippen molar-refractivity contribution in [1.82, 2.24) is 0 Å². The van der Waals surface area contributed by atoms with Crippen molar-refractivity contribution in [3.8, 4) is 22.3 Å². The van der Waals surface area contributed by atoms with Crippen LogP contribution in [0.2, 0.25) is 0 Å². The van der Waals surface area contributed by atoms with Crippen LogP contribution >= 0.6 is 0 Å². The highest BCUT2D eigenvalue weighted by Gasteiger charge is 2.30. The molecule has 0 aromatic heterocycles. The number of hydrogen-bond donors (Lipinski definition) is 0. The third-order valence-corrected chi connectivity index (χ3v) is 10.3. The molecule has 0 amide bonds. The number of rotatable bonds is 5. The minimum absolute atomic E-state index is 0.128. The highest BCUT2D eigenvalue weighted by molar-refractivity contribution is 6.98. The molecule has 0 heterocycles. The van der Waals surface area contributed by atoms with E-state index in [-0.39, 0.29) is 6.71 Å². The molecule has 0 aliphatic carbocycles. The number of benzene rings is 8. The molecule has 226 valence electrons. The van der Waals surface area contributed by atoms with Crippen LogP contribution in [-0.2, 0) is 0 Å². The Morgan fingerprint density at radius 3 is 1.49 bits per heavy atom. The topological polar surface area (TPSA) is 0 Å². The van der Waals surface area contributed by atoms with Crippen LogP contribution in [0.15, 0.2) is 127 Å². The van der Waals surface area contributed by atoms with Crippen LogP contribution in [0.1, 0.15) is 33.4 Å². The summed E-state index contributed by atoms with van der Waals surface area (Å²) in [6.07, 6.45) is 0. The normalized spacial score (nSPS) is 11.6. The predicted octanol–water partition coefficient (Wildman–Crippen LogP) is 10.3. The van der Waals surface area contributed by atoms with Crippen molar-refractivity contribution in [1.29, 1.82) is 0 Å². The Bertz CT molecular complexity index is 2360. The fourth-order valence-electron chi connectivity index (χ4n) is 8.57. The largest absolute Gasteiger partial charge is 0.243 e. The van der Waals surface area contributed by atoms with Gasteiger partial charge in [-0.1, -0.05) is 171 Å². The van der Waals surface area contributed by atoms with Crippen LogP contribution < -0.4 is 16.4 Å². The van der Waals surface area contributed by atoms with Gasteiger partial charge in [0.25, 0.3) is 0 Å². The van der Waals surface area contributed by atoms with Crippen LogP contribution in [0.25, 0.3) is 54.6 Å². The molecule has 0 bridgehead atoms. The van der Waals surface area contributed by atoms with Gasteiger partial charge in [0.2, 0.25) is 6.71 Å². The van der Waals surface area contributed by atoms with Crippen molar-refractivity contribution in [3.63, 3.8) is 0 Å². The lowest BCUT2D eigenvalue weighted by atomic mass is 9.33. The molecule has 0 saturated heterocycles. The van der Waals surface area contributed by atoms with Gasteiger partial charge in [0, 0.05) is 0 Å². The fourth-order valence-corrected chi connectivity index (χ4v) is 8.57. The van der Waals surface area contributed by atoms with E-state index in [9.17, 15) is 0 Å². The summed E-state index contributed by atoms with van der Waals surface area (Å²) in [5, 5.41) is 7.97. The molecule has 0 atom stereocenters. The molecule has 0 aliphatic heterocycles. The first kappa shape index (κ1) is 29.3. The van der Waals surface area contributed by atoms with Gasteiger partial charge in [-0.25, -0.2) is 0 Å². The summed E-state index contributed by atoms with van der Waals surface area (Å²) in [5.41, 5.74) is 17.3. The maximum Gasteiger partial charge on any atom is 0.243 e. The second-order valence-corrected chi connectivity index (χ2v) is 13.7. The zero-order valence-corrected chi connectivity index (χ0v) is 28.2. The van der Waals surface area contributed by atoms with E-state index in [4.69, 9.17) is 0 Å². The van der Waals surface area contributed by atoms with E-state index < -0.39 is 0 Å². The fraction of sp³-hybridized carbons (Fsp3) is 0.130. The molecule has 0 saturated carbocycles. The SMILES string of the molecule is Cc1cc(C)c(B(c2c(C)cc(C)cc2C)c2ccc3ccc4c(-c5cccc(-c6ccccc6)c5)ccc5ccc2c3c54)c(C)c1. The Labute approximate surface area is 279 Å². The Kier molecular flexibility index (Phi) is 7.03. The van der Waals surface area contributed by atoms with Gasteiger partial charge >= 0.3 is 0 Å². The molecular formula is C46H39B. The van der Waals surface area contributed by atoms with Gasteiger partial charge in [0.15, 0.2) is 0 Å². The van der Waals surface area contributed by atoms with Crippen molar-refractivity contribution in [2.24, 2.45) is 0 Å².